The van der Waals surface area contributed by atoms with E-state index in [1.54, 1.807) is 12.1 Å². The summed E-state index contributed by atoms with van der Waals surface area (Å²) in [5.41, 5.74) is 7.36. The number of hydrogen-bond acceptors (Lipinski definition) is 1. The van der Waals surface area contributed by atoms with E-state index in [1.165, 1.54) is 12.1 Å². The third kappa shape index (κ3) is 2.59. The highest BCUT2D eigenvalue weighted by atomic mass is 19.4. The van der Waals surface area contributed by atoms with Crippen LogP contribution in [-0.4, -0.2) is 4.57 Å². The summed E-state index contributed by atoms with van der Waals surface area (Å²) in [6.45, 7) is 0.349. The third-order valence-corrected chi connectivity index (χ3v) is 3.43. The summed E-state index contributed by atoms with van der Waals surface area (Å²) in [5, 5.41) is 0.974. The minimum Gasteiger partial charge on any atom is -0.397 e. The molecule has 0 saturated carbocycles. The zero-order valence-electron chi connectivity index (χ0n) is 11.1. The molecule has 0 aliphatic carbocycles. The van der Waals surface area contributed by atoms with Gasteiger partial charge in [0, 0.05) is 18.1 Å². The fourth-order valence-corrected chi connectivity index (χ4v) is 2.47. The molecule has 0 amide bonds. The molecule has 2 aromatic carbocycles. The fraction of sp³-hybridized carbons (Fsp3) is 0.125. The molecule has 0 radical (unpaired) electrons. The molecule has 2 nitrogen and oxygen atoms in total. The van der Waals surface area contributed by atoms with Gasteiger partial charge in [0.2, 0.25) is 0 Å². The molecule has 5 heteroatoms. The van der Waals surface area contributed by atoms with Crippen molar-refractivity contribution in [3.05, 3.63) is 65.9 Å². The first kappa shape index (κ1) is 13.5. The number of nitrogen functional groups attached to an aromatic ring is 1. The first-order valence-corrected chi connectivity index (χ1v) is 6.44. The van der Waals surface area contributed by atoms with Crippen molar-refractivity contribution in [1.29, 1.82) is 0 Å². The minimum atomic E-state index is -4.33. The van der Waals surface area contributed by atoms with Crippen molar-refractivity contribution in [2.24, 2.45) is 0 Å². The summed E-state index contributed by atoms with van der Waals surface area (Å²) < 4.78 is 40.1. The van der Waals surface area contributed by atoms with E-state index in [0.717, 1.165) is 17.0 Å². The summed E-state index contributed by atoms with van der Waals surface area (Å²) >= 11 is 0. The Bertz CT molecular complexity index is 788. The van der Waals surface area contributed by atoms with Gasteiger partial charge in [0.1, 0.15) is 0 Å². The van der Waals surface area contributed by atoms with E-state index in [0.29, 0.717) is 17.8 Å². The van der Waals surface area contributed by atoms with Crippen LogP contribution >= 0.6 is 0 Å². The molecule has 3 aromatic rings. The summed E-state index contributed by atoms with van der Waals surface area (Å²) in [5.74, 6) is 0. The Morgan fingerprint density at radius 3 is 2.52 bits per heavy atom. The van der Waals surface area contributed by atoms with Gasteiger partial charge in [0.05, 0.1) is 16.8 Å². The molecule has 0 bridgehead atoms. The van der Waals surface area contributed by atoms with Crippen LogP contribution in [0.5, 0.6) is 0 Å². The SMILES string of the molecule is Nc1cccc2ccn(Cc3cccc(C(F)(F)F)c3)c12. The fourth-order valence-electron chi connectivity index (χ4n) is 2.47. The van der Waals surface area contributed by atoms with Crippen LogP contribution in [0, 0.1) is 0 Å². The number of para-hydroxylation sites is 1. The lowest BCUT2D eigenvalue weighted by Crippen LogP contribution is -2.06. The average molecular weight is 290 g/mol. The quantitative estimate of drug-likeness (QED) is 0.701. The number of nitrogens with two attached hydrogens (primary N) is 1. The number of benzene rings is 2. The molecular weight excluding hydrogens is 277 g/mol. The summed E-state index contributed by atoms with van der Waals surface area (Å²) in [6.07, 6.45) is -2.49. The Morgan fingerprint density at radius 1 is 1.00 bits per heavy atom. The Labute approximate surface area is 119 Å². The first-order chi connectivity index (χ1) is 9.95. The first-order valence-electron chi connectivity index (χ1n) is 6.44. The van der Waals surface area contributed by atoms with E-state index in [2.05, 4.69) is 0 Å². The maximum atomic E-state index is 12.7. The third-order valence-electron chi connectivity index (χ3n) is 3.43. The van der Waals surface area contributed by atoms with E-state index in [4.69, 9.17) is 5.73 Å². The maximum Gasteiger partial charge on any atom is 0.416 e. The van der Waals surface area contributed by atoms with Crippen molar-refractivity contribution in [3.8, 4) is 0 Å². The van der Waals surface area contributed by atoms with Crippen LogP contribution in [0.15, 0.2) is 54.7 Å². The number of aromatic nitrogens is 1. The van der Waals surface area contributed by atoms with Gasteiger partial charge in [-0.1, -0.05) is 24.3 Å². The Morgan fingerprint density at radius 2 is 1.76 bits per heavy atom. The van der Waals surface area contributed by atoms with E-state index < -0.39 is 11.7 Å². The highest BCUT2D eigenvalue weighted by Gasteiger charge is 2.30. The lowest BCUT2D eigenvalue weighted by atomic mass is 10.1. The molecule has 0 spiro atoms. The van der Waals surface area contributed by atoms with Gasteiger partial charge >= 0.3 is 6.18 Å². The molecule has 0 aliphatic rings. The number of anilines is 1. The van der Waals surface area contributed by atoms with Gasteiger partial charge in [-0.25, -0.2) is 0 Å². The standard InChI is InChI=1S/C16H13F3N2/c17-16(18,19)13-5-1-3-11(9-13)10-21-8-7-12-4-2-6-14(20)15(12)21/h1-9H,10,20H2. The van der Waals surface area contributed by atoms with Crippen molar-refractivity contribution in [1.82, 2.24) is 4.57 Å². The molecular formula is C16H13F3N2. The second-order valence-electron chi connectivity index (χ2n) is 4.93. The number of halogens is 3. The van der Waals surface area contributed by atoms with E-state index in [-0.39, 0.29) is 0 Å². The molecule has 0 fully saturated rings. The average Bonchev–Trinajstić information content (AvgIpc) is 2.83. The topological polar surface area (TPSA) is 30.9 Å². The number of alkyl halides is 3. The predicted molar refractivity (Wildman–Crippen MR) is 76.9 cm³/mol. The van der Waals surface area contributed by atoms with E-state index in [9.17, 15) is 13.2 Å². The highest BCUT2D eigenvalue weighted by Crippen LogP contribution is 2.30. The number of fused-ring (bicyclic) bond motifs is 1. The van der Waals surface area contributed by atoms with Gasteiger partial charge in [-0.05, 0) is 29.8 Å². The lowest BCUT2D eigenvalue weighted by Gasteiger charge is -2.11. The lowest BCUT2D eigenvalue weighted by molar-refractivity contribution is -0.137. The van der Waals surface area contributed by atoms with Crippen molar-refractivity contribution in [2.75, 3.05) is 5.73 Å². The van der Waals surface area contributed by atoms with Crippen molar-refractivity contribution < 1.29 is 13.2 Å². The van der Waals surface area contributed by atoms with Gasteiger partial charge in [0.15, 0.2) is 0 Å². The predicted octanol–water partition coefficient (Wildman–Crippen LogP) is 4.29. The second-order valence-corrected chi connectivity index (χ2v) is 4.93. The maximum absolute atomic E-state index is 12.7. The molecule has 3 rings (SSSR count). The van der Waals surface area contributed by atoms with Gasteiger partial charge < -0.3 is 10.3 Å². The highest BCUT2D eigenvalue weighted by molar-refractivity contribution is 5.90. The zero-order chi connectivity index (χ0) is 15.0. The molecule has 1 heterocycles. The number of nitrogens with zero attached hydrogens (tertiary/aromatic N) is 1. The van der Waals surface area contributed by atoms with Crippen LogP contribution in [-0.2, 0) is 12.7 Å². The smallest absolute Gasteiger partial charge is 0.397 e. The molecule has 0 atom stereocenters. The Kier molecular flexibility index (Phi) is 3.12. The number of hydrogen-bond donors (Lipinski definition) is 1. The second kappa shape index (κ2) is 4.84. The van der Waals surface area contributed by atoms with Gasteiger partial charge in [-0.15, -0.1) is 0 Å². The summed E-state index contributed by atoms with van der Waals surface area (Å²) in [7, 11) is 0. The largest absolute Gasteiger partial charge is 0.416 e. The molecule has 1 aromatic heterocycles. The number of rotatable bonds is 2. The van der Waals surface area contributed by atoms with Crippen molar-refractivity contribution >= 4 is 16.6 Å². The van der Waals surface area contributed by atoms with Gasteiger partial charge in [-0.2, -0.15) is 13.2 Å². The van der Waals surface area contributed by atoms with Crippen LogP contribution in [0.3, 0.4) is 0 Å². The van der Waals surface area contributed by atoms with E-state index >= 15 is 0 Å². The zero-order valence-corrected chi connectivity index (χ0v) is 11.1. The van der Waals surface area contributed by atoms with Crippen molar-refractivity contribution in [2.45, 2.75) is 12.7 Å². The summed E-state index contributed by atoms with van der Waals surface area (Å²) in [6, 6.07) is 12.8. The summed E-state index contributed by atoms with van der Waals surface area (Å²) in [4.78, 5) is 0. The van der Waals surface area contributed by atoms with Crippen LogP contribution in [0.25, 0.3) is 10.9 Å². The molecule has 0 aliphatic heterocycles. The molecule has 0 unspecified atom stereocenters. The minimum absolute atomic E-state index is 0.349. The Balaban J connectivity index is 2.00. The monoisotopic (exact) mass is 290 g/mol. The molecule has 21 heavy (non-hydrogen) atoms. The molecule has 0 saturated heterocycles. The molecule has 2 N–H and O–H groups in total. The Hall–Kier alpha value is -2.43. The van der Waals surface area contributed by atoms with Gasteiger partial charge in [0.25, 0.3) is 0 Å². The van der Waals surface area contributed by atoms with Gasteiger partial charge in [-0.3, -0.25) is 0 Å². The van der Waals surface area contributed by atoms with Crippen LogP contribution in [0.4, 0.5) is 18.9 Å². The van der Waals surface area contributed by atoms with Crippen LogP contribution in [0.1, 0.15) is 11.1 Å². The normalized spacial score (nSPS) is 12.0. The van der Waals surface area contributed by atoms with Crippen molar-refractivity contribution in [3.63, 3.8) is 0 Å². The van der Waals surface area contributed by atoms with Crippen LogP contribution in [0.2, 0.25) is 0 Å². The van der Waals surface area contributed by atoms with Crippen LogP contribution < -0.4 is 5.73 Å². The van der Waals surface area contributed by atoms with E-state index in [1.807, 2.05) is 29.0 Å². The molecule has 108 valence electrons.